The van der Waals surface area contributed by atoms with E-state index in [1.165, 1.54) is 6.08 Å². The highest BCUT2D eigenvalue weighted by Gasteiger charge is 2.28. The van der Waals surface area contributed by atoms with Crippen molar-refractivity contribution in [1.29, 1.82) is 0 Å². The van der Waals surface area contributed by atoms with Gasteiger partial charge in [-0.1, -0.05) is 24.3 Å². The summed E-state index contributed by atoms with van der Waals surface area (Å²) >= 11 is 0. The van der Waals surface area contributed by atoms with Gasteiger partial charge < -0.3 is 4.90 Å². The monoisotopic (exact) mass is 213 g/mol. The van der Waals surface area contributed by atoms with E-state index in [1.807, 2.05) is 24.3 Å². The van der Waals surface area contributed by atoms with Crippen molar-refractivity contribution >= 4 is 23.5 Å². The molecule has 0 radical (unpaired) electrons. The van der Waals surface area contributed by atoms with Gasteiger partial charge in [-0.15, -0.1) is 0 Å². The standard InChI is InChI=1S/C13H11NO2/c1-14-12-8-3-2-6-10(12)11(13(14)16)7-4-5-9-15/h2-9H,1H3/b5-4+,11-7-. The third-order valence-corrected chi connectivity index (χ3v) is 2.54. The number of rotatable bonds is 2. The van der Waals surface area contributed by atoms with E-state index in [0.29, 0.717) is 11.9 Å². The minimum absolute atomic E-state index is 0.0447. The van der Waals surface area contributed by atoms with E-state index in [-0.39, 0.29) is 5.91 Å². The summed E-state index contributed by atoms with van der Waals surface area (Å²) < 4.78 is 0. The van der Waals surface area contributed by atoms with Crippen LogP contribution in [0.15, 0.2) is 42.5 Å². The average Bonchev–Trinajstić information content (AvgIpc) is 2.55. The van der Waals surface area contributed by atoms with Crippen LogP contribution in [0.4, 0.5) is 5.69 Å². The molecule has 1 aliphatic rings. The maximum absolute atomic E-state index is 11.9. The molecule has 80 valence electrons. The number of hydrogen-bond donors (Lipinski definition) is 0. The highest BCUT2D eigenvalue weighted by molar-refractivity contribution is 6.32. The fraction of sp³-hybridized carbons (Fsp3) is 0.0769. The summed E-state index contributed by atoms with van der Waals surface area (Å²) in [7, 11) is 1.74. The molecular formula is C13H11NO2. The van der Waals surface area contributed by atoms with Gasteiger partial charge in [-0.2, -0.15) is 0 Å². The Hall–Kier alpha value is -2.16. The van der Waals surface area contributed by atoms with E-state index >= 15 is 0 Å². The maximum atomic E-state index is 11.9. The zero-order valence-corrected chi connectivity index (χ0v) is 8.88. The molecule has 3 heteroatoms. The Bertz CT molecular complexity index is 500. The molecule has 0 atom stereocenters. The first kappa shape index (κ1) is 10.4. The third kappa shape index (κ3) is 1.56. The lowest BCUT2D eigenvalue weighted by molar-refractivity contribution is -0.112. The normalized spacial score (nSPS) is 17.2. The summed E-state index contributed by atoms with van der Waals surface area (Å²) in [5.41, 5.74) is 2.43. The van der Waals surface area contributed by atoms with Gasteiger partial charge in [0.1, 0.15) is 6.29 Å². The molecule has 0 aromatic heterocycles. The first-order valence-corrected chi connectivity index (χ1v) is 4.95. The van der Waals surface area contributed by atoms with E-state index in [0.717, 1.165) is 11.3 Å². The lowest BCUT2D eigenvalue weighted by atomic mass is 10.1. The molecule has 0 fully saturated rings. The van der Waals surface area contributed by atoms with Gasteiger partial charge in [0.05, 0.1) is 5.69 Å². The van der Waals surface area contributed by atoms with Crippen LogP contribution in [0.1, 0.15) is 5.56 Å². The van der Waals surface area contributed by atoms with Crippen molar-refractivity contribution in [1.82, 2.24) is 0 Å². The van der Waals surface area contributed by atoms with Crippen molar-refractivity contribution in [3.63, 3.8) is 0 Å². The number of hydrogen-bond acceptors (Lipinski definition) is 2. The maximum Gasteiger partial charge on any atom is 0.258 e. The Morgan fingerprint density at radius 3 is 2.69 bits per heavy atom. The van der Waals surface area contributed by atoms with Crippen molar-refractivity contribution in [2.24, 2.45) is 0 Å². The van der Waals surface area contributed by atoms with Gasteiger partial charge in [0.2, 0.25) is 0 Å². The van der Waals surface area contributed by atoms with E-state index < -0.39 is 0 Å². The molecule has 1 aromatic rings. The summed E-state index contributed by atoms with van der Waals surface area (Å²) in [4.78, 5) is 23.7. The SMILES string of the molecule is CN1C(=O)/C(=C\C=C\C=O)c2ccccc21. The van der Waals surface area contributed by atoms with Gasteiger partial charge >= 0.3 is 0 Å². The van der Waals surface area contributed by atoms with E-state index in [4.69, 9.17) is 0 Å². The topological polar surface area (TPSA) is 37.4 Å². The average molecular weight is 213 g/mol. The second-order valence-corrected chi connectivity index (χ2v) is 3.48. The lowest BCUT2D eigenvalue weighted by Gasteiger charge is -2.07. The number of aldehydes is 1. The Morgan fingerprint density at radius 2 is 1.94 bits per heavy atom. The second-order valence-electron chi connectivity index (χ2n) is 3.48. The molecule has 0 unspecified atom stereocenters. The third-order valence-electron chi connectivity index (χ3n) is 2.54. The number of amides is 1. The zero-order valence-electron chi connectivity index (χ0n) is 8.88. The molecule has 1 aromatic carbocycles. The van der Waals surface area contributed by atoms with Crippen molar-refractivity contribution in [2.75, 3.05) is 11.9 Å². The van der Waals surface area contributed by atoms with E-state index in [2.05, 4.69) is 0 Å². The van der Waals surface area contributed by atoms with Crippen LogP contribution in [0.2, 0.25) is 0 Å². The van der Waals surface area contributed by atoms with Gasteiger partial charge in [0.15, 0.2) is 0 Å². The molecule has 3 nitrogen and oxygen atoms in total. The van der Waals surface area contributed by atoms with Crippen LogP contribution in [0.25, 0.3) is 5.57 Å². The molecule has 0 bridgehead atoms. The fourth-order valence-corrected chi connectivity index (χ4v) is 1.76. The van der Waals surface area contributed by atoms with Crippen LogP contribution in [0.3, 0.4) is 0 Å². The molecule has 2 rings (SSSR count). The van der Waals surface area contributed by atoms with Crippen molar-refractivity contribution < 1.29 is 9.59 Å². The number of carbonyl (C=O) groups excluding carboxylic acids is 2. The molecule has 0 N–H and O–H groups in total. The quantitative estimate of drug-likeness (QED) is 0.555. The minimum Gasteiger partial charge on any atom is -0.311 e. The number of nitrogens with zero attached hydrogens (tertiary/aromatic N) is 1. The van der Waals surface area contributed by atoms with Gasteiger partial charge in [-0.25, -0.2) is 0 Å². The number of carbonyl (C=O) groups is 2. The minimum atomic E-state index is -0.0447. The molecule has 1 heterocycles. The summed E-state index contributed by atoms with van der Waals surface area (Å²) in [6.07, 6.45) is 5.29. The smallest absolute Gasteiger partial charge is 0.258 e. The number of anilines is 1. The Balaban J connectivity index is 2.49. The first-order valence-electron chi connectivity index (χ1n) is 4.95. The summed E-state index contributed by atoms with van der Waals surface area (Å²) in [5.74, 6) is -0.0447. The zero-order chi connectivity index (χ0) is 11.5. The summed E-state index contributed by atoms with van der Waals surface area (Å²) in [5, 5.41) is 0. The number of allylic oxidation sites excluding steroid dienone is 3. The van der Waals surface area contributed by atoms with Crippen LogP contribution >= 0.6 is 0 Å². The first-order chi connectivity index (χ1) is 7.75. The largest absolute Gasteiger partial charge is 0.311 e. The van der Waals surface area contributed by atoms with Gasteiger partial charge in [0.25, 0.3) is 5.91 Å². The van der Waals surface area contributed by atoms with Crippen molar-refractivity contribution in [2.45, 2.75) is 0 Å². The number of likely N-dealkylation sites (N-methyl/N-ethyl adjacent to an activating group) is 1. The Morgan fingerprint density at radius 1 is 1.19 bits per heavy atom. The van der Waals surface area contributed by atoms with Crippen LogP contribution < -0.4 is 4.90 Å². The highest BCUT2D eigenvalue weighted by atomic mass is 16.2. The van der Waals surface area contributed by atoms with Crippen LogP contribution in [0.5, 0.6) is 0 Å². The summed E-state index contributed by atoms with van der Waals surface area (Å²) in [6.45, 7) is 0. The Kier molecular flexibility index (Phi) is 2.68. The second kappa shape index (κ2) is 4.14. The van der Waals surface area contributed by atoms with Gasteiger partial charge in [0, 0.05) is 18.2 Å². The van der Waals surface area contributed by atoms with Crippen molar-refractivity contribution in [3.05, 3.63) is 48.1 Å². The predicted molar refractivity (Wildman–Crippen MR) is 63.0 cm³/mol. The van der Waals surface area contributed by atoms with Crippen LogP contribution in [-0.2, 0) is 9.59 Å². The molecule has 16 heavy (non-hydrogen) atoms. The van der Waals surface area contributed by atoms with E-state index in [9.17, 15) is 9.59 Å². The van der Waals surface area contributed by atoms with E-state index in [1.54, 1.807) is 24.1 Å². The highest BCUT2D eigenvalue weighted by Crippen LogP contribution is 2.35. The molecule has 0 spiro atoms. The van der Waals surface area contributed by atoms with Gasteiger partial charge in [-0.05, 0) is 18.2 Å². The Labute approximate surface area is 93.7 Å². The fourth-order valence-electron chi connectivity index (χ4n) is 1.76. The molecule has 0 aliphatic carbocycles. The van der Waals surface area contributed by atoms with Crippen LogP contribution in [-0.4, -0.2) is 19.2 Å². The molecule has 1 amide bonds. The molecular weight excluding hydrogens is 202 g/mol. The lowest BCUT2D eigenvalue weighted by Crippen LogP contribution is -2.20. The summed E-state index contributed by atoms with van der Waals surface area (Å²) in [6, 6.07) is 7.59. The number of para-hydroxylation sites is 1. The van der Waals surface area contributed by atoms with Gasteiger partial charge in [-0.3, -0.25) is 9.59 Å². The van der Waals surface area contributed by atoms with Crippen molar-refractivity contribution in [3.8, 4) is 0 Å². The predicted octanol–water partition coefficient (Wildman–Crippen LogP) is 1.80. The molecule has 0 saturated heterocycles. The van der Waals surface area contributed by atoms with Crippen LogP contribution in [0, 0.1) is 0 Å². The number of benzene rings is 1. The number of fused-ring (bicyclic) bond motifs is 1. The molecule has 0 saturated carbocycles. The molecule has 1 aliphatic heterocycles.